The van der Waals surface area contributed by atoms with Gasteiger partial charge in [0.05, 0.1) is 10.2 Å². The smallest absolute Gasteiger partial charge is 0.225 e. The topological polar surface area (TPSA) is 36.4 Å². The molecule has 0 spiro atoms. The Balaban J connectivity index is 2.22. The molecule has 1 aromatic heterocycles. The summed E-state index contributed by atoms with van der Waals surface area (Å²) in [5.41, 5.74) is 2.28. The van der Waals surface area contributed by atoms with Crippen LogP contribution in [0.3, 0.4) is 0 Å². The highest BCUT2D eigenvalue weighted by Crippen LogP contribution is 2.29. The van der Waals surface area contributed by atoms with E-state index in [4.69, 9.17) is 0 Å². The average molecular weight is 319 g/mol. The van der Waals surface area contributed by atoms with Crippen molar-refractivity contribution in [3.8, 4) is 0 Å². The van der Waals surface area contributed by atoms with Gasteiger partial charge in [0.1, 0.15) is 0 Å². The molecular formula is C17H25N3OS. The first-order valence-corrected chi connectivity index (χ1v) is 8.80. The number of rotatable bonds is 7. The van der Waals surface area contributed by atoms with Gasteiger partial charge in [-0.05, 0) is 37.2 Å². The summed E-state index contributed by atoms with van der Waals surface area (Å²) >= 11 is 1.61. The molecule has 0 saturated carbocycles. The van der Waals surface area contributed by atoms with E-state index in [0.29, 0.717) is 6.54 Å². The summed E-state index contributed by atoms with van der Waals surface area (Å²) in [6.07, 6.45) is 1.02. The standard InChI is InChI=1S/C17H25N3OS/c1-5-14-8-9-15-16(12-14)22-17(18-15)20(13(4)21)11-10-19(6-2)7-3/h8-9,12H,5-7,10-11H2,1-4H3. The van der Waals surface area contributed by atoms with Gasteiger partial charge in [0, 0.05) is 20.0 Å². The normalized spacial score (nSPS) is 11.3. The molecule has 120 valence electrons. The Morgan fingerprint density at radius 3 is 2.50 bits per heavy atom. The van der Waals surface area contributed by atoms with Crippen LogP contribution in [0.5, 0.6) is 0 Å². The molecule has 22 heavy (non-hydrogen) atoms. The third-order valence-electron chi connectivity index (χ3n) is 4.00. The number of carbonyl (C=O) groups excluding carboxylic acids is 1. The first kappa shape index (κ1) is 16.9. The highest BCUT2D eigenvalue weighted by atomic mass is 32.1. The van der Waals surface area contributed by atoms with Crippen molar-refractivity contribution in [2.75, 3.05) is 31.1 Å². The summed E-state index contributed by atoms with van der Waals surface area (Å²) in [5.74, 6) is 0.0573. The van der Waals surface area contributed by atoms with E-state index in [1.54, 1.807) is 23.2 Å². The number of fused-ring (bicyclic) bond motifs is 1. The van der Waals surface area contributed by atoms with Crippen LogP contribution in [0.4, 0.5) is 5.13 Å². The van der Waals surface area contributed by atoms with Crippen molar-refractivity contribution in [2.45, 2.75) is 34.1 Å². The second-order valence-electron chi connectivity index (χ2n) is 5.35. The van der Waals surface area contributed by atoms with Crippen LogP contribution in [0.15, 0.2) is 18.2 Å². The molecule has 0 aliphatic carbocycles. The van der Waals surface area contributed by atoms with Crippen LogP contribution in [0.2, 0.25) is 0 Å². The second kappa shape index (κ2) is 7.70. The molecule has 2 aromatic rings. The van der Waals surface area contributed by atoms with E-state index >= 15 is 0 Å². The number of likely N-dealkylation sites (N-methyl/N-ethyl adjacent to an activating group) is 1. The summed E-state index contributed by atoms with van der Waals surface area (Å²) < 4.78 is 1.16. The minimum atomic E-state index is 0.0573. The summed E-state index contributed by atoms with van der Waals surface area (Å²) in [6.45, 7) is 11.6. The average Bonchev–Trinajstić information content (AvgIpc) is 2.93. The van der Waals surface area contributed by atoms with E-state index < -0.39 is 0 Å². The predicted molar refractivity (Wildman–Crippen MR) is 94.8 cm³/mol. The van der Waals surface area contributed by atoms with Crippen LogP contribution < -0.4 is 4.90 Å². The summed E-state index contributed by atoms with van der Waals surface area (Å²) in [5, 5.41) is 0.808. The highest BCUT2D eigenvalue weighted by molar-refractivity contribution is 7.22. The van der Waals surface area contributed by atoms with Crippen LogP contribution >= 0.6 is 11.3 Å². The largest absolute Gasteiger partial charge is 0.302 e. The van der Waals surface area contributed by atoms with Gasteiger partial charge in [0.2, 0.25) is 5.91 Å². The quantitative estimate of drug-likeness (QED) is 0.783. The zero-order valence-corrected chi connectivity index (χ0v) is 14.7. The molecule has 0 atom stereocenters. The van der Waals surface area contributed by atoms with Gasteiger partial charge < -0.3 is 4.90 Å². The van der Waals surface area contributed by atoms with Crippen molar-refractivity contribution in [1.29, 1.82) is 0 Å². The van der Waals surface area contributed by atoms with Crippen molar-refractivity contribution < 1.29 is 4.79 Å². The number of carbonyl (C=O) groups is 1. The lowest BCUT2D eigenvalue weighted by Crippen LogP contribution is -2.37. The van der Waals surface area contributed by atoms with Crippen LogP contribution in [0.25, 0.3) is 10.2 Å². The molecule has 4 nitrogen and oxygen atoms in total. The van der Waals surface area contributed by atoms with Crippen LogP contribution in [-0.4, -0.2) is 42.0 Å². The molecule has 1 heterocycles. The molecule has 0 radical (unpaired) electrons. The Morgan fingerprint density at radius 1 is 1.18 bits per heavy atom. The Bertz CT molecular complexity index is 634. The van der Waals surface area contributed by atoms with E-state index in [2.05, 4.69) is 48.9 Å². The number of nitrogens with zero attached hydrogens (tertiary/aromatic N) is 3. The molecular weight excluding hydrogens is 294 g/mol. The lowest BCUT2D eigenvalue weighted by atomic mass is 10.2. The molecule has 0 saturated heterocycles. The summed E-state index contributed by atoms with van der Waals surface area (Å²) in [6, 6.07) is 6.34. The lowest BCUT2D eigenvalue weighted by molar-refractivity contribution is -0.116. The Labute approximate surface area is 136 Å². The van der Waals surface area contributed by atoms with E-state index in [1.807, 2.05) is 0 Å². The number of hydrogen-bond donors (Lipinski definition) is 0. The van der Waals surface area contributed by atoms with Crippen LogP contribution in [0, 0.1) is 0 Å². The Morgan fingerprint density at radius 2 is 1.91 bits per heavy atom. The Kier molecular flexibility index (Phi) is 5.91. The lowest BCUT2D eigenvalue weighted by Gasteiger charge is -2.23. The zero-order chi connectivity index (χ0) is 16.1. The first-order chi connectivity index (χ1) is 10.6. The second-order valence-corrected chi connectivity index (χ2v) is 6.36. The fourth-order valence-corrected chi connectivity index (χ4v) is 3.56. The van der Waals surface area contributed by atoms with Crippen molar-refractivity contribution in [1.82, 2.24) is 9.88 Å². The number of benzene rings is 1. The summed E-state index contributed by atoms with van der Waals surface area (Å²) in [7, 11) is 0. The minimum Gasteiger partial charge on any atom is -0.302 e. The van der Waals surface area contributed by atoms with Crippen molar-refractivity contribution in [3.05, 3.63) is 23.8 Å². The molecule has 0 bridgehead atoms. The van der Waals surface area contributed by atoms with Gasteiger partial charge in [0.25, 0.3) is 0 Å². The predicted octanol–water partition coefficient (Wildman–Crippen LogP) is 3.55. The number of hydrogen-bond acceptors (Lipinski definition) is 4. The molecule has 1 amide bonds. The van der Waals surface area contributed by atoms with Crippen molar-refractivity contribution >= 4 is 32.6 Å². The van der Waals surface area contributed by atoms with Gasteiger partial charge >= 0.3 is 0 Å². The third kappa shape index (κ3) is 3.84. The number of amides is 1. The van der Waals surface area contributed by atoms with Crippen molar-refractivity contribution in [2.24, 2.45) is 0 Å². The number of thiazole rings is 1. The molecule has 0 aliphatic rings. The van der Waals surface area contributed by atoms with Gasteiger partial charge in [0.15, 0.2) is 5.13 Å². The Hall–Kier alpha value is -1.46. The molecule has 0 unspecified atom stereocenters. The van der Waals surface area contributed by atoms with Crippen LogP contribution in [0.1, 0.15) is 33.3 Å². The molecule has 1 aromatic carbocycles. The van der Waals surface area contributed by atoms with E-state index in [-0.39, 0.29) is 5.91 Å². The zero-order valence-electron chi connectivity index (χ0n) is 13.9. The maximum atomic E-state index is 12.0. The monoisotopic (exact) mass is 319 g/mol. The van der Waals surface area contributed by atoms with E-state index in [9.17, 15) is 4.79 Å². The maximum Gasteiger partial charge on any atom is 0.225 e. The highest BCUT2D eigenvalue weighted by Gasteiger charge is 2.17. The molecule has 0 fully saturated rings. The number of aromatic nitrogens is 1. The van der Waals surface area contributed by atoms with Gasteiger partial charge in [-0.25, -0.2) is 4.98 Å². The fourth-order valence-electron chi connectivity index (χ4n) is 2.46. The molecule has 5 heteroatoms. The third-order valence-corrected chi connectivity index (χ3v) is 5.04. The van der Waals surface area contributed by atoms with Crippen LogP contribution in [-0.2, 0) is 11.2 Å². The number of anilines is 1. The van der Waals surface area contributed by atoms with Gasteiger partial charge in [-0.15, -0.1) is 0 Å². The maximum absolute atomic E-state index is 12.0. The number of aryl methyl sites for hydroxylation is 1. The van der Waals surface area contributed by atoms with Gasteiger partial charge in [-0.1, -0.05) is 38.2 Å². The summed E-state index contributed by atoms with van der Waals surface area (Å²) in [4.78, 5) is 20.8. The molecule has 0 aliphatic heterocycles. The van der Waals surface area contributed by atoms with Gasteiger partial charge in [-0.3, -0.25) is 9.69 Å². The van der Waals surface area contributed by atoms with E-state index in [0.717, 1.165) is 41.4 Å². The van der Waals surface area contributed by atoms with Gasteiger partial charge in [-0.2, -0.15) is 0 Å². The van der Waals surface area contributed by atoms with Crippen molar-refractivity contribution in [3.63, 3.8) is 0 Å². The fraction of sp³-hybridized carbons (Fsp3) is 0.529. The van der Waals surface area contributed by atoms with E-state index in [1.165, 1.54) is 5.56 Å². The minimum absolute atomic E-state index is 0.0573. The SMILES string of the molecule is CCc1ccc2nc(N(CCN(CC)CC)C(C)=O)sc2c1. The molecule has 0 N–H and O–H groups in total. The molecule has 2 rings (SSSR count). The first-order valence-electron chi connectivity index (χ1n) is 7.98.